The van der Waals surface area contributed by atoms with E-state index in [1.165, 1.54) is 0 Å². The van der Waals surface area contributed by atoms with Crippen molar-refractivity contribution in [3.8, 4) is 0 Å². The van der Waals surface area contributed by atoms with Gasteiger partial charge in [-0.3, -0.25) is 0 Å². The number of hydrogen-bond donors (Lipinski definition) is 1. The number of pyridine rings is 1. The molecule has 2 heterocycles. The summed E-state index contributed by atoms with van der Waals surface area (Å²) in [6.45, 7) is 0. The third-order valence-electron chi connectivity index (χ3n) is 2.76. The lowest BCUT2D eigenvalue weighted by Gasteiger charge is -1.94. The summed E-state index contributed by atoms with van der Waals surface area (Å²) in [7, 11) is 0. The van der Waals surface area contributed by atoms with Gasteiger partial charge in [0.15, 0.2) is 0 Å². The van der Waals surface area contributed by atoms with Gasteiger partial charge in [0.2, 0.25) is 0 Å². The zero-order valence-corrected chi connectivity index (χ0v) is 8.42. The Labute approximate surface area is 91.6 Å². The van der Waals surface area contributed by atoms with Crippen LogP contribution in [-0.4, -0.2) is 15.5 Å². The molecule has 3 rings (SSSR count). The van der Waals surface area contributed by atoms with Gasteiger partial charge >= 0.3 is 5.97 Å². The average Bonchev–Trinajstić information content (AvgIpc) is 2.63. The van der Waals surface area contributed by atoms with Gasteiger partial charge < -0.3 is 9.51 Å². The van der Waals surface area contributed by atoms with Crippen molar-refractivity contribution in [1.29, 1.82) is 0 Å². The highest BCUT2D eigenvalue weighted by Crippen LogP contribution is 2.26. The molecule has 78 valence electrons. The maximum absolute atomic E-state index is 11.3. The zero-order chi connectivity index (χ0) is 11.1. The van der Waals surface area contributed by atoms with Crippen LogP contribution in [-0.2, 0) is 0 Å². The maximum atomic E-state index is 11.3. The third-order valence-corrected chi connectivity index (χ3v) is 2.76. The second-order valence-corrected chi connectivity index (χ2v) is 3.65. The van der Waals surface area contributed by atoms with Gasteiger partial charge in [-0.15, -0.1) is 0 Å². The number of nitrogens with zero attached hydrogens (tertiary/aromatic N) is 1. The number of hydrogen-bond acceptors (Lipinski definition) is 1. The first-order valence-electron chi connectivity index (χ1n) is 5.00. The maximum Gasteiger partial charge on any atom is 0.338 e. The van der Waals surface area contributed by atoms with Crippen molar-refractivity contribution in [3.63, 3.8) is 0 Å². The first-order chi connectivity index (χ1) is 7.79. The minimum absolute atomic E-state index is 0.371. The van der Waals surface area contributed by atoms with E-state index < -0.39 is 5.97 Å². The second-order valence-electron chi connectivity index (χ2n) is 3.65. The fourth-order valence-corrected chi connectivity index (χ4v) is 2.11. The summed E-state index contributed by atoms with van der Waals surface area (Å²) in [6.07, 6.45) is 1.88. The highest BCUT2D eigenvalue weighted by atomic mass is 16.4. The minimum Gasteiger partial charge on any atom is -0.478 e. The molecular weight excluding hydrogens is 202 g/mol. The molecule has 0 saturated carbocycles. The highest BCUT2D eigenvalue weighted by Gasteiger charge is 2.15. The lowest BCUT2D eigenvalue weighted by Crippen LogP contribution is -1.95. The molecule has 1 aromatic carbocycles. The summed E-state index contributed by atoms with van der Waals surface area (Å²) in [5.41, 5.74) is 2.03. The number of carbonyl (C=O) groups is 1. The van der Waals surface area contributed by atoms with Crippen LogP contribution in [0, 0.1) is 0 Å². The third kappa shape index (κ3) is 1.05. The number of aromatic carboxylic acids is 1. The standard InChI is InChI=1S/C13H9NO2/c15-13(16)12-9-5-1-2-6-10(9)14-8-4-3-7-11(12)14/h1-8H,(H,15,16). The van der Waals surface area contributed by atoms with Gasteiger partial charge in [-0.05, 0) is 18.2 Å². The minimum atomic E-state index is -0.884. The van der Waals surface area contributed by atoms with Crippen LogP contribution in [0.1, 0.15) is 10.4 Å². The van der Waals surface area contributed by atoms with Crippen molar-refractivity contribution in [3.05, 3.63) is 54.2 Å². The molecule has 0 aliphatic heterocycles. The van der Waals surface area contributed by atoms with Gasteiger partial charge in [-0.2, -0.15) is 0 Å². The monoisotopic (exact) mass is 211 g/mol. The van der Waals surface area contributed by atoms with E-state index in [9.17, 15) is 9.90 Å². The van der Waals surface area contributed by atoms with Crippen molar-refractivity contribution in [2.75, 3.05) is 0 Å². The molecule has 16 heavy (non-hydrogen) atoms. The van der Waals surface area contributed by atoms with E-state index in [2.05, 4.69) is 0 Å². The van der Waals surface area contributed by atoms with E-state index in [0.29, 0.717) is 5.56 Å². The topological polar surface area (TPSA) is 41.7 Å². The molecule has 0 spiro atoms. The summed E-state index contributed by atoms with van der Waals surface area (Å²) in [6, 6.07) is 13.1. The van der Waals surface area contributed by atoms with Crippen LogP contribution in [0.15, 0.2) is 48.7 Å². The Morgan fingerprint density at radius 2 is 1.69 bits per heavy atom. The summed E-state index contributed by atoms with van der Waals surface area (Å²) in [4.78, 5) is 11.3. The summed E-state index contributed by atoms with van der Waals surface area (Å²) < 4.78 is 1.90. The Morgan fingerprint density at radius 1 is 1.00 bits per heavy atom. The zero-order valence-electron chi connectivity index (χ0n) is 8.42. The van der Waals surface area contributed by atoms with E-state index in [0.717, 1.165) is 16.4 Å². The van der Waals surface area contributed by atoms with Gasteiger partial charge in [-0.1, -0.05) is 24.3 Å². The number of para-hydroxylation sites is 1. The van der Waals surface area contributed by atoms with Crippen molar-refractivity contribution in [1.82, 2.24) is 4.40 Å². The van der Waals surface area contributed by atoms with Gasteiger partial charge in [0.05, 0.1) is 16.6 Å². The molecule has 0 fully saturated rings. The molecule has 0 atom stereocenters. The molecular formula is C13H9NO2. The lowest BCUT2D eigenvalue weighted by atomic mass is 10.1. The van der Waals surface area contributed by atoms with Crippen molar-refractivity contribution in [2.45, 2.75) is 0 Å². The van der Waals surface area contributed by atoms with Crippen molar-refractivity contribution in [2.24, 2.45) is 0 Å². The van der Waals surface area contributed by atoms with Crippen LogP contribution < -0.4 is 0 Å². The normalized spacial score (nSPS) is 11.0. The Bertz CT molecular complexity index is 644. The van der Waals surface area contributed by atoms with Crippen LogP contribution in [0.3, 0.4) is 0 Å². The Morgan fingerprint density at radius 3 is 2.50 bits per heavy atom. The average molecular weight is 211 g/mol. The molecule has 3 heteroatoms. The lowest BCUT2D eigenvalue weighted by molar-refractivity contribution is 0.0701. The fourth-order valence-electron chi connectivity index (χ4n) is 2.11. The van der Waals surface area contributed by atoms with Crippen LogP contribution in [0.2, 0.25) is 0 Å². The summed E-state index contributed by atoms with van der Waals surface area (Å²) in [5, 5.41) is 10.0. The van der Waals surface area contributed by atoms with Crippen LogP contribution in [0.5, 0.6) is 0 Å². The van der Waals surface area contributed by atoms with E-state index in [4.69, 9.17) is 0 Å². The second kappa shape index (κ2) is 3.10. The molecule has 0 amide bonds. The van der Waals surface area contributed by atoms with Crippen LogP contribution in [0.25, 0.3) is 16.4 Å². The van der Waals surface area contributed by atoms with E-state index >= 15 is 0 Å². The van der Waals surface area contributed by atoms with E-state index in [1.807, 2.05) is 53.1 Å². The highest BCUT2D eigenvalue weighted by molar-refractivity contribution is 6.10. The van der Waals surface area contributed by atoms with Crippen molar-refractivity contribution >= 4 is 22.4 Å². The van der Waals surface area contributed by atoms with Crippen molar-refractivity contribution < 1.29 is 9.90 Å². The van der Waals surface area contributed by atoms with Gasteiger partial charge in [-0.25, -0.2) is 4.79 Å². The Hall–Kier alpha value is -2.29. The van der Waals surface area contributed by atoms with Gasteiger partial charge in [0.1, 0.15) is 0 Å². The quantitative estimate of drug-likeness (QED) is 0.672. The smallest absolute Gasteiger partial charge is 0.338 e. The molecule has 0 aliphatic rings. The first kappa shape index (κ1) is 8.97. The molecule has 0 unspecified atom stereocenters. The summed E-state index contributed by atoms with van der Waals surface area (Å²) in [5.74, 6) is -0.884. The first-order valence-corrected chi connectivity index (χ1v) is 5.00. The van der Waals surface area contributed by atoms with Crippen LogP contribution in [0.4, 0.5) is 0 Å². The number of benzene rings is 1. The molecule has 0 aliphatic carbocycles. The molecule has 2 aromatic heterocycles. The molecule has 0 saturated heterocycles. The van der Waals surface area contributed by atoms with E-state index in [-0.39, 0.29) is 0 Å². The fraction of sp³-hybridized carbons (Fsp3) is 0. The van der Waals surface area contributed by atoms with Gasteiger partial charge in [0.25, 0.3) is 0 Å². The largest absolute Gasteiger partial charge is 0.478 e. The predicted octanol–water partition coefficient (Wildman–Crippen LogP) is 2.79. The molecule has 3 aromatic rings. The van der Waals surface area contributed by atoms with Crippen LogP contribution >= 0.6 is 0 Å². The Kier molecular flexibility index (Phi) is 1.74. The molecule has 0 bridgehead atoms. The Balaban J connectivity index is 2.64. The van der Waals surface area contributed by atoms with Gasteiger partial charge in [0, 0.05) is 11.6 Å². The molecule has 1 N–H and O–H groups in total. The SMILES string of the molecule is O=C(O)c1c2ccccc2n2ccccc12. The summed E-state index contributed by atoms with van der Waals surface area (Å²) >= 11 is 0. The number of carboxylic acids is 1. The molecule has 3 nitrogen and oxygen atoms in total. The van der Waals surface area contributed by atoms with E-state index in [1.54, 1.807) is 0 Å². The number of rotatable bonds is 1. The number of aromatic nitrogens is 1. The molecule has 0 radical (unpaired) electrons. The number of carboxylic acid groups (broad SMARTS) is 1. The predicted molar refractivity (Wildman–Crippen MR) is 61.9 cm³/mol. The number of fused-ring (bicyclic) bond motifs is 3.